The van der Waals surface area contributed by atoms with Crippen LogP contribution in [0.5, 0.6) is 0 Å². The van der Waals surface area contributed by atoms with Crippen LogP contribution >= 0.6 is 0 Å². The number of carbonyl (C=O) groups is 1. The molecule has 0 aromatic carbocycles. The van der Waals surface area contributed by atoms with Crippen molar-refractivity contribution in [1.29, 1.82) is 0 Å². The molecule has 1 rings (SSSR count). The van der Waals surface area contributed by atoms with Crippen LogP contribution in [0.4, 0.5) is 0 Å². The van der Waals surface area contributed by atoms with Gasteiger partial charge >= 0.3 is 5.97 Å². The van der Waals surface area contributed by atoms with Gasteiger partial charge < -0.3 is 9.52 Å². The van der Waals surface area contributed by atoms with Crippen molar-refractivity contribution in [2.75, 3.05) is 13.1 Å². The number of furan rings is 1. The van der Waals surface area contributed by atoms with E-state index >= 15 is 0 Å². The third kappa shape index (κ3) is 3.56. The predicted octanol–water partition coefficient (Wildman–Crippen LogP) is 0.654. The zero-order valence-electron chi connectivity index (χ0n) is 10.2. The Bertz CT molecular complexity index is 504. The van der Waals surface area contributed by atoms with Crippen molar-refractivity contribution in [3.8, 4) is 0 Å². The van der Waals surface area contributed by atoms with Crippen LogP contribution in [0.25, 0.3) is 0 Å². The molecule has 0 atom stereocenters. The summed E-state index contributed by atoms with van der Waals surface area (Å²) >= 11 is 0. The van der Waals surface area contributed by atoms with Crippen LogP contribution in [0.15, 0.2) is 16.5 Å². The minimum atomic E-state index is -3.56. The highest BCUT2D eigenvalue weighted by Gasteiger charge is 2.18. The van der Waals surface area contributed by atoms with Crippen molar-refractivity contribution in [1.82, 2.24) is 9.03 Å². The summed E-state index contributed by atoms with van der Waals surface area (Å²) < 4.78 is 32.1. The van der Waals surface area contributed by atoms with Gasteiger partial charge in [0, 0.05) is 13.1 Å². The molecule has 0 spiro atoms. The molecule has 18 heavy (non-hydrogen) atoms. The van der Waals surface area contributed by atoms with E-state index in [4.69, 9.17) is 9.52 Å². The molecule has 0 bridgehead atoms. The van der Waals surface area contributed by atoms with Gasteiger partial charge in [0.1, 0.15) is 5.76 Å². The van der Waals surface area contributed by atoms with Crippen LogP contribution in [0.3, 0.4) is 0 Å². The molecule has 0 fully saturated rings. The lowest BCUT2D eigenvalue weighted by Gasteiger charge is -2.18. The third-order valence-corrected chi connectivity index (χ3v) is 4.05. The zero-order valence-corrected chi connectivity index (χ0v) is 11.0. The summed E-state index contributed by atoms with van der Waals surface area (Å²) in [6.07, 6.45) is 0. The van der Waals surface area contributed by atoms with Gasteiger partial charge in [0.25, 0.3) is 10.2 Å². The Morgan fingerprint density at radius 2 is 2.00 bits per heavy atom. The van der Waals surface area contributed by atoms with Gasteiger partial charge in [0.05, 0.1) is 6.54 Å². The van der Waals surface area contributed by atoms with E-state index in [0.29, 0.717) is 13.1 Å². The second kappa shape index (κ2) is 5.98. The fourth-order valence-corrected chi connectivity index (χ4v) is 2.59. The van der Waals surface area contributed by atoms with Crippen molar-refractivity contribution in [3.05, 3.63) is 23.7 Å². The van der Waals surface area contributed by atoms with Crippen molar-refractivity contribution in [3.63, 3.8) is 0 Å². The molecule has 1 heterocycles. The number of nitrogens with zero attached hydrogens (tertiary/aromatic N) is 1. The number of nitrogens with one attached hydrogen (secondary N) is 1. The zero-order chi connectivity index (χ0) is 13.8. The van der Waals surface area contributed by atoms with Crippen molar-refractivity contribution in [2.45, 2.75) is 20.4 Å². The average molecular weight is 276 g/mol. The Morgan fingerprint density at radius 1 is 1.39 bits per heavy atom. The first-order valence-corrected chi connectivity index (χ1v) is 6.91. The number of rotatable bonds is 7. The lowest BCUT2D eigenvalue weighted by Crippen LogP contribution is -2.40. The highest BCUT2D eigenvalue weighted by atomic mass is 32.2. The molecule has 0 amide bonds. The van der Waals surface area contributed by atoms with Crippen molar-refractivity contribution in [2.24, 2.45) is 0 Å². The lowest BCUT2D eigenvalue weighted by molar-refractivity contribution is 0.0660. The minimum absolute atomic E-state index is 0.0773. The Morgan fingerprint density at radius 3 is 2.44 bits per heavy atom. The molecule has 0 saturated carbocycles. The van der Waals surface area contributed by atoms with E-state index in [-0.39, 0.29) is 18.1 Å². The fourth-order valence-electron chi connectivity index (χ4n) is 1.41. The summed E-state index contributed by atoms with van der Waals surface area (Å²) in [7, 11) is -3.56. The van der Waals surface area contributed by atoms with Crippen LogP contribution in [0, 0.1) is 0 Å². The molecule has 1 aromatic heterocycles. The molecular weight excluding hydrogens is 260 g/mol. The molecule has 0 saturated heterocycles. The van der Waals surface area contributed by atoms with E-state index in [1.54, 1.807) is 13.8 Å². The van der Waals surface area contributed by atoms with E-state index < -0.39 is 16.2 Å². The number of carboxylic acids is 1. The van der Waals surface area contributed by atoms with E-state index in [9.17, 15) is 13.2 Å². The van der Waals surface area contributed by atoms with Gasteiger partial charge in [-0.25, -0.2) is 4.79 Å². The molecule has 2 N–H and O–H groups in total. The standard InChI is InChI=1S/C10H16N2O5S/c1-3-12(4-2)18(15,16)11-7-8-5-6-9(17-8)10(13)14/h5-6,11H,3-4,7H2,1-2H3,(H,13,14). The van der Waals surface area contributed by atoms with Gasteiger partial charge in [-0.1, -0.05) is 13.8 Å². The number of hydrogen-bond donors (Lipinski definition) is 2. The molecule has 0 aliphatic carbocycles. The topological polar surface area (TPSA) is 99.9 Å². The quantitative estimate of drug-likeness (QED) is 0.761. The minimum Gasteiger partial charge on any atom is -0.475 e. The second-order valence-corrected chi connectivity index (χ2v) is 5.24. The molecule has 1 aromatic rings. The van der Waals surface area contributed by atoms with Crippen LogP contribution < -0.4 is 4.72 Å². The Kier molecular flexibility index (Phi) is 4.88. The summed E-state index contributed by atoms with van der Waals surface area (Å²) in [5, 5.41) is 8.65. The predicted molar refractivity (Wildman–Crippen MR) is 64.3 cm³/mol. The van der Waals surface area contributed by atoms with Gasteiger partial charge in [-0.2, -0.15) is 17.4 Å². The van der Waals surface area contributed by atoms with E-state index in [2.05, 4.69) is 4.72 Å². The first-order valence-electron chi connectivity index (χ1n) is 5.47. The molecule has 0 radical (unpaired) electrons. The maximum Gasteiger partial charge on any atom is 0.371 e. The van der Waals surface area contributed by atoms with Crippen molar-refractivity contribution < 1.29 is 22.7 Å². The highest BCUT2D eigenvalue weighted by molar-refractivity contribution is 7.87. The van der Waals surface area contributed by atoms with Crippen LogP contribution in [0.1, 0.15) is 30.2 Å². The van der Waals surface area contributed by atoms with Crippen LogP contribution in [-0.2, 0) is 16.8 Å². The van der Waals surface area contributed by atoms with Gasteiger partial charge in [0.15, 0.2) is 0 Å². The Balaban J connectivity index is 2.66. The molecule has 0 aliphatic heterocycles. The Hall–Kier alpha value is -1.38. The number of carboxylic acid groups (broad SMARTS) is 1. The molecule has 0 aliphatic rings. The third-order valence-electron chi connectivity index (χ3n) is 2.35. The number of aromatic carboxylic acids is 1. The molecule has 8 heteroatoms. The molecule has 102 valence electrons. The normalized spacial score (nSPS) is 11.9. The lowest BCUT2D eigenvalue weighted by atomic mass is 10.4. The number of hydrogen-bond acceptors (Lipinski definition) is 4. The van der Waals surface area contributed by atoms with E-state index in [1.165, 1.54) is 16.4 Å². The van der Waals surface area contributed by atoms with Crippen LogP contribution in [0.2, 0.25) is 0 Å². The first-order chi connectivity index (χ1) is 8.40. The maximum absolute atomic E-state index is 11.8. The van der Waals surface area contributed by atoms with Gasteiger partial charge in [-0.15, -0.1) is 0 Å². The molecule has 0 unspecified atom stereocenters. The molecular formula is C10H16N2O5S. The molecule has 7 nitrogen and oxygen atoms in total. The summed E-state index contributed by atoms with van der Waals surface area (Å²) in [4.78, 5) is 10.6. The second-order valence-electron chi connectivity index (χ2n) is 3.48. The largest absolute Gasteiger partial charge is 0.475 e. The fraction of sp³-hybridized carbons (Fsp3) is 0.500. The summed E-state index contributed by atoms with van der Waals surface area (Å²) in [5.74, 6) is -1.15. The summed E-state index contributed by atoms with van der Waals surface area (Å²) in [6, 6.07) is 2.71. The van der Waals surface area contributed by atoms with E-state index in [0.717, 1.165) is 0 Å². The summed E-state index contributed by atoms with van der Waals surface area (Å²) in [5.41, 5.74) is 0. The van der Waals surface area contributed by atoms with Gasteiger partial charge in [-0.3, -0.25) is 0 Å². The average Bonchev–Trinajstić information content (AvgIpc) is 2.76. The summed E-state index contributed by atoms with van der Waals surface area (Å²) in [6.45, 7) is 4.12. The Labute approximate surface area is 106 Å². The SMILES string of the molecule is CCN(CC)S(=O)(=O)NCc1ccc(C(=O)O)o1. The smallest absolute Gasteiger partial charge is 0.371 e. The maximum atomic E-state index is 11.8. The van der Waals surface area contributed by atoms with E-state index in [1.807, 2.05) is 0 Å². The van der Waals surface area contributed by atoms with Crippen molar-refractivity contribution >= 4 is 16.2 Å². The monoisotopic (exact) mass is 276 g/mol. The first kappa shape index (κ1) is 14.7. The van der Waals surface area contributed by atoms with Gasteiger partial charge in [-0.05, 0) is 12.1 Å². The van der Waals surface area contributed by atoms with Gasteiger partial charge in [0.2, 0.25) is 5.76 Å². The highest BCUT2D eigenvalue weighted by Crippen LogP contribution is 2.08. The van der Waals surface area contributed by atoms with Crippen LogP contribution in [-0.4, -0.2) is 36.9 Å².